The maximum Gasteiger partial charge on any atom is 0.413 e. The van der Waals surface area contributed by atoms with Gasteiger partial charge >= 0.3 is 11.5 Å². The van der Waals surface area contributed by atoms with Crippen LogP contribution in [0.15, 0.2) is 85.2 Å². The molecular formula is C42H54ClN9O4. The van der Waals surface area contributed by atoms with Gasteiger partial charge in [0.15, 0.2) is 11.3 Å². The van der Waals surface area contributed by atoms with E-state index in [9.17, 15) is 9.59 Å². The zero-order valence-electron chi connectivity index (χ0n) is 32.5. The Labute approximate surface area is 334 Å². The molecule has 0 radical (unpaired) electrons. The van der Waals surface area contributed by atoms with Gasteiger partial charge in [-0.25, -0.2) is 19.6 Å². The van der Waals surface area contributed by atoms with Crippen molar-refractivity contribution in [2.75, 3.05) is 62.1 Å². The second-order valence-corrected chi connectivity index (χ2v) is 13.2. The van der Waals surface area contributed by atoms with Crippen LogP contribution in [0.25, 0.3) is 22.3 Å². The number of halogens is 1. The van der Waals surface area contributed by atoms with Crippen LogP contribution in [0.2, 0.25) is 0 Å². The number of benzene rings is 2. The number of anilines is 3. The summed E-state index contributed by atoms with van der Waals surface area (Å²) < 4.78 is 13.2. The lowest BCUT2D eigenvalue weighted by Gasteiger charge is -2.21. The van der Waals surface area contributed by atoms with Crippen molar-refractivity contribution in [1.29, 1.82) is 0 Å². The number of carbonyl (C=O) groups is 2. The highest BCUT2D eigenvalue weighted by Crippen LogP contribution is 2.29. The first-order valence-corrected chi connectivity index (χ1v) is 18.9. The van der Waals surface area contributed by atoms with Crippen LogP contribution in [0, 0.1) is 0 Å². The number of aromatic nitrogens is 6. The maximum atomic E-state index is 11.9. The third-order valence-corrected chi connectivity index (χ3v) is 9.57. The highest BCUT2D eigenvalue weighted by Gasteiger charge is 2.23. The zero-order valence-corrected chi connectivity index (χ0v) is 33.2. The molecule has 1 saturated heterocycles. The molecule has 1 aliphatic heterocycles. The van der Waals surface area contributed by atoms with Crippen LogP contribution in [-0.4, -0.2) is 88.0 Å². The largest absolute Gasteiger partial charge is 0.457 e. The zero-order chi connectivity index (χ0) is 39.3. The van der Waals surface area contributed by atoms with E-state index >= 15 is 0 Å². The van der Waals surface area contributed by atoms with E-state index in [1.807, 2.05) is 30.5 Å². The molecule has 7 rings (SSSR count). The number of methoxy groups -OCH3 is 2. The molecule has 6 aromatic rings. The van der Waals surface area contributed by atoms with Gasteiger partial charge in [0.25, 0.3) is 0 Å². The molecule has 5 heterocycles. The fraction of sp³-hybridized carbons (Fsp3) is 0.381. The van der Waals surface area contributed by atoms with E-state index in [1.54, 1.807) is 13.2 Å². The third kappa shape index (κ3) is 10.5. The smallest absolute Gasteiger partial charge is 0.413 e. The van der Waals surface area contributed by atoms with E-state index in [0.29, 0.717) is 17.9 Å². The summed E-state index contributed by atoms with van der Waals surface area (Å²) in [6, 6.07) is 25.0. The summed E-state index contributed by atoms with van der Waals surface area (Å²) in [7, 11) is 4.26. The van der Waals surface area contributed by atoms with Crippen molar-refractivity contribution in [3.8, 4) is 0 Å². The van der Waals surface area contributed by atoms with Gasteiger partial charge in [-0.2, -0.15) is 9.97 Å². The van der Waals surface area contributed by atoms with Crippen molar-refractivity contribution in [3.05, 3.63) is 102 Å². The third-order valence-electron chi connectivity index (χ3n) is 9.42. The standard InChI is InChI=1S/C20H23N5O2.C19H24N4.C2H3ClO2.CH4/c1-23(20(26)27-2)16-12-17-18(21-13-16)22-19(24-10-6-7-11-24)25(17)14-15-8-4-3-5-9-15;1-4-15-12-17-18(20-13-15)21-19(22(5-2)6-3)23(17)14-16-10-8-7-9-11-16;1-5-2(3)4;/h3-5,8-9,12-13H,6-7,10-11,14H2,1-2H3;7-13H,4-6,14H2,1-3H3;1H3;1H4. The quantitative estimate of drug-likeness (QED) is 0.125. The molecule has 298 valence electrons. The lowest BCUT2D eigenvalue weighted by atomic mass is 10.2. The number of imidazole rings is 2. The lowest BCUT2D eigenvalue weighted by molar-refractivity contribution is 0.180. The molecule has 4 aromatic heterocycles. The summed E-state index contributed by atoms with van der Waals surface area (Å²) in [4.78, 5) is 46.0. The van der Waals surface area contributed by atoms with E-state index in [0.717, 1.165) is 67.7 Å². The van der Waals surface area contributed by atoms with E-state index < -0.39 is 11.5 Å². The SMILES string of the molecule is C.CCc1cnc2nc(N(CC)CC)n(Cc3ccccc3)c2c1.COC(=O)Cl.COC(=O)N(C)c1cnc2nc(N3CCCC3)n(Cc3ccccc3)c2c1. The van der Waals surface area contributed by atoms with Gasteiger partial charge in [-0.1, -0.05) is 75.0 Å². The Morgan fingerprint density at radius 3 is 1.82 bits per heavy atom. The molecule has 0 spiro atoms. The number of pyridine rings is 2. The van der Waals surface area contributed by atoms with E-state index in [2.05, 4.69) is 115 Å². The summed E-state index contributed by atoms with van der Waals surface area (Å²) in [5.41, 5.74) is 7.18. The first kappa shape index (κ1) is 43.0. The van der Waals surface area contributed by atoms with Gasteiger partial charge in [0.05, 0.1) is 50.2 Å². The van der Waals surface area contributed by atoms with Crippen LogP contribution in [0.4, 0.5) is 27.2 Å². The number of nitrogens with zero attached hydrogens (tertiary/aromatic N) is 9. The molecule has 0 bridgehead atoms. The first-order valence-electron chi connectivity index (χ1n) is 18.5. The highest BCUT2D eigenvalue weighted by atomic mass is 35.5. The summed E-state index contributed by atoms with van der Waals surface area (Å²) in [5.74, 6) is 1.95. The van der Waals surface area contributed by atoms with Crippen LogP contribution in [0.3, 0.4) is 0 Å². The molecule has 1 fully saturated rings. The average molecular weight is 784 g/mol. The van der Waals surface area contributed by atoms with E-state index in [-0.39, 0.29) is 7.43 Å². The number of fused-ring (bicyclic) bond motifs is 2. The van der Waals surface area contributed by atoms with Crippen LogP contribution in [0.1, 0.15) is 57.7 Å². The van der Waals surface area contributed by atoms with Gasteiger partial charge < -0.3 is 28.4 Å². The second kappa shape index (κ2) is 20.8. The minimum absolute atomic E-state index is 0. The Kier molecular flexibility index (Phi) is 16.0. The van der Waals surface area contributed by atoms with Gasteiger partial charge in [-0.05, 0) is 61.9 Å². The van der Waals surface area contributed by atoms with Gasteiger partial charge in [0.2, 0.25) is 11.9 Å². The topological polar surface area (TPSA) is 124 Å². The summed E-state index contributed by atoms with van der Waals surface area (Å²) in [6.07, 6.45) is 6.52. The highest BCUT2D eigenvalue weighted by molar-refractivity contribution is 6.61. The number of carbonyl (C=O) groups excluding carboxylic acids is 2. The van der Waals surface area contributed by atoms with Crippen molar-refractivity contribution in [3.63, 3.8) is 0 Å². The molecule has 0 unspecified atom stereocenters. The average Bonchev–Trinajstić information content (AvgIpc) is 3.97. The van der Waals surface area contributed by atoms with Crippen molar-refractivity contribution >= 4 is 63.0 Å². The van der Waals surface area contributed by atoms with Crippen LogP contribution in [0.5, 0.6) is 0 Å². The predicted octanol–water partition coefficient (Wildman–Crippen LogP) is 8.80. The van der Waals surface area contributed by atoms with Crippen molar-refractivity contribution in [1.82, 2.24) is 29.1 Å². The predicted molar refractivity (Wildman–Crippen MR) is 226 cm³/mol. The van der Waals surface area contributed by atoms with Gasteiger partial charge in [0, 0.05) is 51.0 Å². The number of hydrogen-bond donors (Lipinski definition) is 0. The van der Waals surface area contributed by atoms with Crippen LogP contribution < -0.4 is 14.7 Å². The molecule has 2 aromatic carbocycles. The number of rotatable bonds is 10. The molecule has 0 atom stereocenters. The number of hydrogen-bond acceptors (Lipinski definition) is 10. The maximum absolute atomic E-state index is 11.9. The molecule has 0 saturated carbocycles. The van der Waals surface area contributed by atoms with Crippen LogP contribution >= 0.6 is 11.6 Å². The Morgan fingerprint density at radius 2 is 1.29 bits per heavy atom. The van der Waals surface area contributed by atoms with Crippen molar-refractivity contribution in [2.45, 2.75) is 60.5 Å². The number of amides is 1. The fourth-order valence-electron chi connectivity index (χ4n) is 6.39. The Balaban J connectivity index is 0.000000221. The Morgan fingerprint density at radius 1 is 0.750 bits per heavy atom. The molecule has 56 heavy (non-hydrogen) atoms. The molecule has 14 heteroatoms. The van der Waals surface area contributed by atoms with Crippen LogP contribution in [-0.2, 0) is 29.0 Å². The molecule has 0 aliphatic carbocycles. The summed E-state index contributed by atoms with van der Waals surface area (Å²) in [5, 5.41) is 0. The molecular weight excluding hydrogens is 730 g/mol. The fourth-order valence-corrected chi connectivity index (χ4v) is 6.39. The summed E-state index contributed by atoms with van der Waals surface area (Å²) in [6.45, 7) is 11.9. The minimum atomic E-state index is -0.773. The van der Waals surface area contributed by atoms with Gasteiger partial charge in [0.1, 0.15) is 0 Å². The van der Waals surface area contributed by atoms with Gasteiger partial charge in [-0.3, -0.25) is 4.90 Å². The monoisotopic (exact) mass is 783 g/mol. The lowest BCUT2D eigenvalue weighted by Crippen LogP contribution is -2.26. The normalized spacial score (nSPS) is 11.9. The Bertz CT molecular complexity index is 2150. The van der Waals surface area contributed by atoms with Crippen molar-refractivity contribution < 1.29 is 19.1 Å². The minimum Gasteiger partial charge on any atom is -0.457 e. The van der Waals surface area contributed by atoms with Crippen molar-refractivity contribution in [2.24, 2.45) is 0 Å². The number of aryl methyl sites for hydroxylation is 1. The second-order valence-electron chi connectivity index (χ2n) is 12.9. The molecule has 13 nitrogen and oxygen atoms in total. The van der Waals surface area contributed by atoms with E-state index in [4.69, 9.17) is 14.7 Å². The number of ether oxygens (including phenoxy) is 2. The molecule has 1 aliphatic rings. The van der Waals surface area contributed by atoms with E-state index in [1.165, 1.54) is 48.7 Å². The molecule has 1 amide bonds. The molecule has 0 N–H and O–H groups in total. The van der Waals surface area contributed by atoms with Gasteiger partial charge in [-0.15, -0.1) is 0 Å². The first-order chi connectivity index (χ1) is 26.7. The summed E-state index contributed by atoms with van der Waals surface area (Å²) >= 11 is 4.60. The Hall–Kier alpha value is -5.69.